The first kappa shape index (κ1) is 23.1. The average molecular weight is 455 g/mol. The summed E-state index contributed by atoms with van der Waals surface area (Å²) in [7, 11) is 1.62. The second-order valence-electron chi connectivity index (χ2n) is 9.12. The Kier molecular flexibility index (Phi) is 7.52. The SMILES string of the molecule is COc1ccc2[nH]cc(CCN3C(=O)N[C@H](CCC(=O)NC4CCCCCCC4)C3=O)c2c1. The number of carbonyl (C=O) groups excluding carboxylic acids is 3. The van der Waals surface area contributed by atoms with E-state index in [1.54, 1.807) is 7.11 Å². The number of nitrogens with one attached hydrogen (secondary N) is 3. The van der Waals surface area contributed by atoms with Crippen LogP contribution in [0.4, 0.5) is 4.79 Å². The fourth-order valence-electron chi connectivity index (χ4n) is 4.88. The maximum atomic E-state index is 12.8. The number of ether oxygens (including phenoxy) is 1. The quantitative estimate of drug-likeness (QED) is 0.530. The van der Waals surface area contributed by atoms with Crippen LogP contribution in [0.3, 0.4) is 0 Å². The first-order chi connectivity index (χ1) is 16.0. The molecule has 33 heavy (non-hydrogen) atoms. The van der Waals surface area contributed by atoms with Crippen LogP contribution in [0.1, 0.15) is 63.4 Å². The maximum Gasteiger partial charge on any atom is 0.324 e. The third-order valence-electron chi connectivity index (χ3n) is 6.82. The Bertz CT molecular complexity index is 993. The van der Waals surface area contributed by atoms with E-state index >= 15 is 0 Å². The Balaban J connectivity index is 1.27. The summed E-state index contributed by atoms with van der Waals surface area (Å²) in [6, 6.07) is 5.00. The van der Waals surface area contributed by atoms with Crippen molar-refractivity contribution in [2.45, 2.75) is 76.3 Å². The van der Waals surface area contributed by atoms with Gasteiger partial charge in [-0.15, -0.1) is 0 Å². The number of nitrogens with zero attached hydrogens (tertiary/aromatic N) is 1. The van der Waals surface area contributed by atoms with Gasteiger partial charge in [0.05, 0.1) is 7.11 Å². The largest absolute Gasteiger partial charge is 0.497 e. The molecule has 8 nitrogen and oxygen atoms in total. The summed E-state index contributed by atoms with van der Waals surface area (Å²) in [5.74, 6) is 0.473. The molecule has 1 aliphatic carbocycles. The topological polar surface area (TPSA) is 104 Å². The number of aromatic amines is 1. The zero-order valence-electron chi connectivity index (χ0n) is 19.3. The van der Waals surface area contributed by atoms with Gasteiger partial charge < -0.3 is 20.4 Å². The molecule has 2 fully saturated rings. The van der Waals surface area contributed by atoms with Gasteiger partial charge in [-0.3, -0.25) is 14.5 Å². The summed E-state index contributed by atoms with van der Waals surface area (Å²) in [5, 5.41) is 6.89. The van der Waals surface area contributed by atoms with Crippen molar-refractivity contribution in [3.63, 3.8) is 0 Å². The lowest BCUT2D eigenvalue weighted by Gasteiger charge is -2.21. The summed E-state index contributed by atoms with van der Waals surface area (Å²) >= 11 is 0. The summed E-state index contributed by atoms with van der Waals surface area (Å²) < 4.78 is 5.30. The molecule has 0 radical (unpaired) electrons. The zero-order chi connectivity index (χ0) is 23.2. The predicted molar refractivity (Wildman–Crippen MR) is 126 cm³/mol. The van der Waals surface area contributed by atoms with Gasteiger partial charge in [-0.25, -0.2) is 4.79 Å². The van der Waals surface area contributed by atoms with Gasteiger partial charge in [-0.1, -0.05) is 32.1 Å². The van der Waals surface area contributed by atoms with Crippen molar-refractivity contribution in [2.24, 2.45) is 0 Å². The number of fused-ring (bicyclic) bond motifs is 1. The van der Waals surface area contributed by atoms with E-state index in [1.165, 1.54) is 24.2 Å². The minimum atomic E-state index is -0.636. The molecule has 4 rings (SSSR count). The fourth-order valence-corrected chi connectivity index (χ4v) is 4.88. The highest BCUT2D eigenvalue weighted by Crippen LogP contribution is 2.24. The van der Waals surface area contributed by atoms with Crippen molar-refractivity contribution in [3.8, 4) is 5.75 Å². The van der Waals surface area contributed by atoms with Gasteiger partial charge in [0.2, 0.25) is 5.91 Å². The van der Waals surface area contributed by atoms with Gasteiger partial charge in [0.1, 0.15) is 11.8 Å². The van der Waals surface area contributed by atoms with Crippen molar-refractivity contribution in [3.05, 3.63) is 30.0 Å². The Labute approximate surface area is 194 Å². The first-order valence-electron chi connectivity index (χ1n) is 12.1. The third kappa shape index (κ3) is 5.67. The molecule has 0 unspecified atom stereocenters. The number of rotatable bonds is 8. The molecule has 4 amide bonds. The van der Waals surface area contributed by atoms with Crippen molar-refractivity contribution < 1.29 is 19.1 Å². The van der Waals surface area contributed by atoms with Gasteiger partial charge >= 0.3 is 6.03 Å². The second-order valence-corrected chi connectivity index (χ2v) is 9.12. The van der Waals surface area contributed by atoms with E-state index in [4.69, 9.17) is 4.74 Å². The molecule has 0 bridgehead atoms. The number of urea groups is 1. The lowest BCUT2D eigenvalue weighted by Crippen LogP contribution is -2.37. The van der Waals surface area contributed by atoms with Gasteiger partial charge in [-0.2, -0.15) is 0 Å². The Morgan fingerprint density at radius 1 is 1.15 bits per heavy atom. The number of H-pyrrole nitrogens is 1. The number of methoxy groups -OCH3 is 1. The van der Waals surface area contributed by atoms with E-state index in [0.29, 0.717) is 19.4 Å². The molecule has 0 spiro atoms. The Morgan fingerprint density at radius 2 is 1.91 bits per heavy atom. The smallest absolute Gasteiger partial charge is 0.324 e. The summed E-state index contributed by atoms with van der Waals surface area (Å²) in [5.41, 5.74) is 2.00. The van der Waals surface area contributed by atoms with Crippen molar-refractivity contribution in [2.75, 3.05) is 13.7 Å². The van der Waals surface area contributed by atoms with E-state index in [0.717, 1.165) is 47.9 Å². The predicted octanol–water partition coefficient (Wildman–Crippen LogP) is 3.65. The molecule has 1 aromatic heterocycles. The second kappa shape index (κ2) is 10.7. The highest BCUT2D eigenvalue weighted by atomic mass is 16.5. The monoisotopic (exact) mass is 454 g/mol. The van der Waals surface area contributed by atoms with Crippen LogP contribution in [-0.2, 0) is 16.0 Å². The van der Waals surface area contributed by atoms with Crippen molar-refractivity contribution in [1.82, 2.24) is 20.5 Å². The van der Waals surface area contributed by atoms with E-state index in [1.807, 2.05) is 24.4 Å². The average Bonchev–Trinajstić information content (AvgIpc) is 3.32. The summed E-state index contributed by atoms with van der Waals surface area (Å²) in [6.45, 7) is 0.291. The van der Waals surface area contributed by atoms with Crippen molar-refractivity contribution >= 4 is 28.7 Å². The van der Waals surface area contributed by atoms with Crippen LogP contribution in [-0.4, -0.2) is 53.5 Å². The van der Waals surface area contributed by atoms with E-state index in [-0.39, 0.29) is 30.3 Å². The van der Waals surface area contributed by atoms with Crippen LogP contribution in [0.5, 0.6) is 5.75 Å². The molecule has 2 aliphatic rings. The van der Waals surface area contributed by atoms with Gasteiger partial charge in [-0.05, 0) is 49.4 Å². The van der Waals surface area contributed by atoms with Crippen molar-refractivity contribution in [1.29, 1.82) is 0 Å². The van der Waals surface area contributed by atoms with E-state index < -0.39 is 6.04 Å². The number of carbonyl (C=O) groups is 3. The van der Waals surface area contributed by atoms with Crippen LogP contribution >= 0.6 is 0 Å². The molecule has 2 heterocycles. The Morgan fingerprint density at radius 3 is 2.67 bits per heavy atom. The van der Waals surface area contributed by atoms with Gasteiger partial charge in [0, 0.05) is 36.1 Å². The molecule has 1 saturated heterocycles. The number of benzene rings is 1. The lowest BCUT2D eigenvalue weighted by molar-refractivity contribution is -0.127. The number of hydrogen-bond donors (Lipinski definition) is 3. The molecule has 178 valence electrons. The molecule has 1 atom stereocenters. The van der Waals surface area contributed by atoms with Gasteiger partial charge in [0.15, 0.2) is 0 Å². The highest BCUT2D eigenvalue weighted by Gasteiger charge is 2.37. The van der Waals surface area contributed by atoms with Crippen LogP contribution < -0.4 is 15.4 Å². The Hall–Kier alpha value is -3.03. The number of hydrogen-bond acceptors (Lipinski definition) is 4. The summed E-state index contributed by atoms with van der Waals surface area (Å²) in [6.07, 6.45) is 11.1. The van der Waals surface area contributed by atoms with E-state index in [9.17, 15) is 14.4 Å². The molecule has 1 aliphatic heterocycles. The highest BCUT2D eigenvalue weighted by molar-refractivity contribution is 6.04. The lowest BCUT2D eigenvalue weighted by atomic mass is 9.96. The molecule has 2 aromatic rings. The normalized spacial score (nSPS) is 19.9. The number of amides is 4. The molecule has 8 heteroatoms. The summed E-state index contributed by atoms with van der Waals surface area (Å²) in [4.78, 5) is 42.1. The van der Waals surface area contributed by atoms with Gasteiger partial charge in [0.25, 0.3) is 5.91 Å². The van der Waals surface area contributed by atoms with Crippen LogP contribution in [0.15, 0.2) is 24.4 Å². The van der Waals surface area contributed by atoms with Crippen LogP contribution in [0.2, 0.25) is 0 Å². The molecular weight excluding hydrogens is 420 g/mol. The van der Waals surface area contributed by atoms with E-state index in [2.05, 4.69) is 15.6 Å². The fraction of sp³-hybridized carbons (Fsp3) is 0.560. The maximum absolute atomic E-state index is 12.8. The zero-order valence-corrected chi connectivity index (χ0v) is 19.3. The van der Waals surface area contributed by atoms with Crippen LogP contribution in [0.25, 0.3) is 10.9 Å². The number of imide groups is 1. The molecular formula is C25H34N4O4. The minimum Gasteiger partial charge on any atom is -0.497 e. The standard InChI is InChI=1S/C25H34N4O4/c1-33-19-9-10-21-20(15-19)17(16-26-21)13-14-29-24(31)22(28-25(29)32)11-12-23(30)27-18-7-5-3-2-4-6-8-18/h9-10,15-16,18,22,26H,2-8,11-14H2,1H3,(H,27,30)(H,28,32)/t22-/m1/s1. The van der Waals surface area contributed by atoms with Crippen LogP contribution in [0, 0.1) is 0 Å². The first-order valence-corrected chi connectivity index (χ1v) is 12.1. The molecule has 1 saturated carbocycles. The minimum absolute atomic E-state index is 0.0335. The molecule has 1 aromatic carbocycles. The third-order valence-corrected chi connectivity index (χ3v) is 6.82. The number of aromatic nitrogens is 1. The molecule has 3 N–H and O–H groups in total.